The molecule has 0 unspecified atom stereocenters. The highest BCUT2D eigenvalue weighted by molar-refractivity contribution is 5.53. The summed E-state index contributed by atoms with van der Waals surface area (Å²) < 4.78 is 0. The zero-order chi connectivity index (χ0) is 15.8. The first-order valence-corrected chi connectivity index (χ1v) is 7.75. The van der Waals surface area contributed by atoms with Gasteiger partial charge in [0.2, 0.25) is 0 Å². The molecule has 3 nitrogen and oxygen atoms in total. The van der Waals surface area contributed by atoms with Crippen molar-refractivity contribution in [2.75, 3.05) is 6.54 Å². The summed E-state index contributed by atoms with van der Waals surface area (Å²) in [5, 5.41) is 18.0. The standard InChI is InChI=1S/C18H25N3/c1-5-7-16(8-6-2)13-21-14(3)9-17(10-15(21)4)18(11-19)12-20/h9-10,16H,5-8,13H2,1-4H3. The van der Waals surface area contributed by atoms with Gasteiger partial charge in [-0.15, -0.1) is 0 Å². The SMILES string of the molecule is CCCC(CCC)CN1C(C)=CC(=C(C#N)C#N)C=C1C. The van der Waals surface area contributed by atoms with Crippen LogP contribution in [0, 0.1) is 28.6 Å². The lowest BCUT2D eigenvalue weighted by atomic mass is 9.95. The molecule has 1 aliphatic heterocycles. The molecule has 0 aromatic rings. The summed E-state index contributed by atoms with van der Waals surface area (Å²) in [6.07, 6.45) is 8.81. The van der Waals surface area contributed by atoms with Gasteiger partial charge in [-0.2, -0.15) is 10.5 Å². The average Bonchev–Trinajstić information content (AvgIpc) is 2.44. The fourth-order valence-corrected chi connectivity index (χ4v) is 2.91. The summed E-state index contributed by atoms with van der Waals surface area (Å²) in [6.45, 7) is 9.60. The van der Waals surface area contributed by atoms with E-state index in [1.54, 1.807) is 0 Å². The summed E-state index contributed by atoms with van der Waals surface area (Å²) in [6, 6.07) is 3.94. The predicted molar refractivity (Wildman–Crippen MR) is 85.8 cm³/mol. The maximum absolute atomic E-state index is 9.00. The van der Waals surface area contributed by atoms with Gasteiger partial charge >= 0.3 is 0 Å². The molecule has 3 heteroatoms. The van der Waals surface area contributed by atoms with Crippen LogP contribution in [0.25, 0.3) is 0 Å². The minimum atomic E-state index is 0.187. The number of hydrogen-bond donors (Lipinski definition) is 0. The highest BCUT2D eigenvalue weighted by Crippen LogP contribution is 2.27. The Balaban J connectivity index is 2.97. The van der Waals surface area contributed by atoms with Crippen LogP contribution < -0.4 is 0 Å². The molecule has 1 heterocycles. The molecule has 0 bridgehead atoms. The first-order chi connectivity index (χ1) is 10.1. The van der Waals surface area contributed by atoms with Gasteiger partial charge in [0.05, 0.1) is 0 Å². The van der Waals surface area contributed by atoms with E-state index in [0.29, 0.717) is 5.92 Å². The summed E-state index contributed by atoms with van der Waals surface area (Å²) in [5.41, 5.74) is 3.15. The zero-order valence-electron chi connectivity index (χ0n) is 13.6. The second kappa shape index (κ2) is 8.32. The first-order valence-electron chi connectivity index (χ1n) is 7.75. The van der Waals surface area contributed by atoms with Gasteiger partial charge in [0.15, 0.2) is 0 Å². The van der Waals surface area contributed by atoms with Crippen molar-refractivity contribution in [3.8, 4) is 12.1 Å². The van der Waals surface area contributed by atoms with Gasteiger partial charge in [-0.05, 0) is 44.8 Å². The molecule has 1 aliphatic rings. The quantitative estimate of drug-likeness (QED) is 0.666. The third kappa shape index (κ3) is 4.50. The maximum Gasteiger partial charge on any atom is 0.137 e. The van der Waals surface area contributed by atoms with E-state index in [2.05, 4.69) is 32.6 Å². The fraction of sp³-hybridized carbons (Fsp3) is 0.556. The van der Waals surface area contributed by atoms with Crippen molar-refractivity contribution >= 4 is 0 Å². The largest absolute Gasteiger partial charge is 0.349 e. The first kappa shape index (κ1) is 17.1. The van der Waals surface area contributed by atoms with Gasteiger partial charge in [-0.25, -0.2) is 0 Å². The lowest BCUT2D eigenvalue weighted by Crippen LogP contribution is -2.28. The molecule has 0 atom stereocenters. The topological polar surface area (TPSA) is 50.8 Å². The second-order valence-electron chi connectivity index (χ2n) is 5.68. The summed E-state index contributed by atoms with van der Waals surface area (Å²) in [5.74, 6) is 0.698. The molecule has 0 radical (unpaired) electrons. The Labute approximate surface area is 128 Å². The van der Waals surface area contributed by atoms with Gasteiger partial charge in [-0.1, -0.05) is 26.7 Å². The van der Waals surface area contributed by atoms with Crippen LogP contribution in [0.4, 0.5) is 0 Å². The maximum atomic E-state index is 9.00. The molecule has 0 spiro atoms. The van der Waals surface area contributed by atoms with Crippen LogP contribution >= 0.6 is 0 Å². The van der Waals surface area contributed by atoms with Gasteiger partial charge in [0, 0.05) is 23.5 Å². The summed E-state index contributed by atoms with van der Waals surface area (Å²) >= 11 is 0. The number of allylic oxidation sites excluding steroid dienone is 6. The second-order valence-corrected chi connectivity index (χ2v) is 5.68. The lowest BCUT2D eigenvalue weighted by Gasteiger charge is -2.33. The fourth-order valence-electron chi connectivity index (χ4n) is 2.91. The molecule has 0 aromatic heterocycles. The summed E-state index contributed by atoms with van der Waals surface area (Å²) in [4.78, 5) is 2.31. The normalized spacial score (nSPS) is 14.4. The van der Waals surface area contributed by atoms with E-state index in [4.69, 9.17) is 10.5 Å². The van der Waals surface area contributed by atoms with Gasteiger partial charge in [0.25, 0.3) is 0 Å². The minimum Gasteiger partial charge on any atom is -0.349 e. The van der Waals surface area contributed by atoms with Crippen molar-refractivity contribution in [1.82, 2.24) is 4.90 Å². The van der Waals surface area contributed by atoms with Crippen LogP contribution in [0.1, 0.15) is 53.4 Å². The Morgan fingerprint density at radius 1 is 1.05 bits per heavy atom. The van der Waals surface area contributed by atoms with Crippen LogP contribution in [0.2, 0.25) is 0 Å². The van der Waals surface area contributed by atoms with Crippen molar-refractivity contribution in [3.63, 3.8) is 0 Å². The Morgan fingerprint density at radius 3 is 1.90 bits per heavy atom. The smallest absolute Gasteiger partial charge is 0.137 e. The summed E-state index contributed by atoms with van der Waals surface area (Å²) in [7, 11) is 0. The van der Waals surface area contributed by atoms with Crippen molar-refractivity contribution in [2.24, 2.45) is 5.92 Å². The zero-order valence-corrected chi connectivity index (χ0v) is 13.6. The van der Waals surface area contributed by atoms with Crippen molar-refractivity contribution in [3.05, 3.63) is 34.7 Å². The number of nitrogens with zero attached hydrogens (tertiary/aromatic N) is 3. The third-order valence-corrected chi connectivity index (χ3v) is 3.93. The van der Waals surface area contributed by atoms with Crippen molar-refractivity contribution < 1.29 is 0 Å². The van der Waals surface area contributed by atoms with E-state index in [-0.39, 0.29) is 5.57 Å². The van der Waals surface area contributed by atoms with E-state index in [0.717, 1.165) is 23.5 Å². The van der Waals surface area contributed by atoms with Crippen LogP contribution in [0.5, 0.6) is 0 Å². The molecular weight excluding hydrogens is 258 g/mol. The minimum absolute atomic E-state index is 0.187. The molecule has 0 aliphatic carbocycles. The van der Waals surface area contributed by atoms with Crippen LogP contribution in [-0.2, 0) is 0 Å². The molecule has 0 N–H and O–H groups in total. The van der Waals surface area contributed by atoms with E-state index < -0.39 is 0 Å². The van der Waals surface area contributed by atoms with Gasteiger partial charge in [-0.3, -0.25) is 0 Å². The Hall–Kier alpha value is -2.00. The van der Waals surface area contributed by atoms with Gasteiger partial charge in [0.1, 0.15) is 17.7 Å². The molecule has 0 fully saturated rings. The number of nitriles is 2. The Morgan fingerprint density at radius 2 is 1.52 bits per heavy atom. The Bertz CT molecular complexity index is 494. The monoisotopic (exact) mass is 283 g/mol. The van der Waals surface area contributed by atoms with E-state index in [1.165, 1.54) is 25.7 Å². The van der Waals surface area contributed by atoms with E-state index in [9.17, 15) is 0 Å². The highest BCUT2D eigenvalue weighted by Gasteiger charge is 2.19. The third-order valence-electron chi connectivity index (χ3n) is 3.93. The molecule has 0 amide bonds. The molecular formula is C18H25N3. The molecule has 0 saturated carbocycles. The highest BCUT2D eigenvalue weighted by atomic mass is 15.1. The van der Waals surface area contributed by atoms with E-state index >= 15 is 0 Å². The van der Waals surface area contributed by atoms with Crippen molar-refractivity contribution in [1.29, 1.82) is 10.5 Å². The van der Waals surface area contributed by atoms with E-state index in [1.807, 2.05) is 24.3 Å². The molecule has 1 rings (SSSR count). The lowest BCUT2D eigenvalue weighted by molar-refractivity contribution is 0.307. The number of hydrogen-bond acceptors (Lipinski definition) is 3. The molecule has 0 saturated heterocycles. The molecule has 21 heavy (non-hydrogen) atoms. The molecule has 112 valence electrons. The van der Waals surface area contributed by atoms with Crippen LogP contribution in [0.15, 0.2) is 34.7 Å². The van der Waals surface area contributed by atoms with Crippen LogP contribution in [-0.4, -0.2) is 11.4 Å². The van der Waals surface area contributed by atoms with Crippen molar-refractivity contribution in [2.45, 2.75) is 53.4 Å². The average molecular weight is 283 g/mol. The number of rotatable bonds is 6. The van der Waals surface area contributed by atoms with Gasteiger partial charge < -0.3 is 4.90 Å². The predicted octanol–water partition coefficient (Wildman–Crippen LogP) is 4.67. The molecule has 0 aromatic carbocycles. The van der Waals surface area contributed by atoms with Crippen LogP contribution in [0.3, 0.4) is 0 Å². The Kier molecular flexibility index (Phi) is 6.76.